The van der Waals surface area contributed by atoms with Crippen molar-refractivity contribution in [1.82, 2.24) is 4.98 Å². The Kier molecular flexibility index (Phi) is 10.3. The average Bonchev–Trinajstić information content (AvgIpc) is 4.07. The second-order valence-corrected chi connectivity index (χ2v) is 18.0. The molecule has 1 N–H and O–H groups in total. The highest BCUT2D eigenvalue weighted by molar-refractivity contribution is 6.09. The van der Waals surface area contributed by atoms with Gasteiger partial charge in [-0.05, 0) is 123 Å². The van der Waals surface area contributed by atoms with Crippen molar-refractivity contribution < 1.29 is 9.15 Å². The van der Waals surface area contributed by atoms with Crippen LogP contribution in [0, 0.1) is 0 Å². The van der Waals surface area contributed by atoms with Crippen LogP contribution in [0.15, 0.2) is 253 Å². The number of nitrogens with zero attached hydrogens (tertiary/aromatic N) is 3. The van der Waals surface area contributed by atoms with Gasteiger partial charge in [0.25, 0.3) is 0 Å². The molecule has 1 aliphatic carbocycles. The van der Waals surface area contributed by atoms with Gasteiger partial charge in [0.05, 0.1) is 11.7 Å². The zero-order valence-electron chi connectivity index (χ0n) is 38.2. The second kappa shape index (κ2) is 17.5. The molecule has 1 aromatic heterocycles. The minimum Gasteiger partial charge on any atom is -0.464 e. The number of oxazole rings is 1. The molecule has 2 heterocycles. The van der Waals surface area contributed by atoms with Crippen LogP contribution in [0.1, 0.15) is 23.8 Å². The monoisotopic (exact) mass is 902 g/mol. The fourth-order valence-electron chi connectivity index (χ4n) is 10.1. The highest BCUT2D eigenvalue weighted by atomic mass is 16.5. The Bertz CT molecular complexity index is 3760. The minimum atomic E-state index is -0.250. The predicted molar refractivity (Wildman–Crippen MR) is 289 cm³/mol. The van der Waals surface area contributed by atoms with Crippen LogP contribution in [-0.2, 0) is 0 Å². The van der Waals surface area contributed by atoms with Gasteiger partial charge in [-0.25, -0.2) is 4.98 Å². The molecule has 0 radical (unpaired) electrons. The van der Waals surface area contributed by atoms with E-state index in [0.29, 0.717) is 5.89 Å². The number of benzene rings is 10. The van der Waals surface area contributed by atoms with Crippen LogP contribution in [0.3, 0.4) is 0 Å². The molecule has 2 atom stereocenters. The lowest BCUT2D eigenvalue weighted by Gasteiger charge is -2.33. The van der Waals surface area contributed by atoms with Crippen LogP contribution in [-0.4, -0.2) is 11.0 Å². The summed E-state index contributed by atoms with van der Waals surface area (Å²) in [5.41, 5.74) is 14.7. The number of fused-ring (bicyclic) bond motifs is 5. The number of ether oxygens (including phenoxy) is 1. The highest BCUT2D eigenvalue weighted by Crippen LogP contribution is 2.45. The van der Waals surface area contributed by atoms with Gasteiger partial charge in [-0.15, -0.1) is 0 Å². The summed E-state index contributed by atoms with van der Waals surface area (Å²) < 4.78 is 13.0. The van der Waals surface area contributed by atoms with E-state index in [-0.39, 0.29) is 12.3 Å². The Morgan fingerprint density at radius 1 is 0.486 bits per heavy atom. The third-order valence-corrected chi connectivity index (χ3v) is 13.6. The number of rotatable bonds is 10. The zero-order chi connectivity index (χ0) is 46.4. The molecule has 6 heteroatoms. The van der Waals surface area contributed by atoms with Crippen LogP contribution in [0.25, 0.3) is 60.8 Å². The highest BCUT2D eigenvalue weighted by Gasteiger charge is 2.26. The van der Waals surface area contributed by atoms with Crippen molar-refractivity contribution in [3.05, 3.63) is 260 Å². The fourth-order valence-corrected chi connectivity index (χ4v) is 10.1. The Labute approximate surface area is 406 Å². The Balaban J connectivity index is 0.870. The summed E-state index contributed by atoms with van der Waals surface area (Å²) in [5, 5.41) is 8.27. The topological polar surface area (TPSA) is 53.8 Å². The van der Waals surface area contributed by atoms with E-state index in [0.717, 1.165) is 73.9 Å². The standard InChI is InChI=1S/C64H46N4O2/c1-5-13-43(14-6-1)45-23-27-51(28-24-45)67(55-33-37-59-61(41-55)69-63(65-59)47-17-9-3-10-18-47)53-31-35-57-49(39-53)21-22-50-40-54(32-36-58(50)57)68(52-29-25-46(26-30-52)44-15-7-2-8-16-44)56-34-38-60-62(42-56)70-64(66-60)48-19-11-4-12-20-48/h1-29,31-42,52,63,65H,30H2. The maximum absolute atomic E-state index is 6.55. The first-order valence-corrected chi connectivity index (χ1v) is 23.9. The summed E-state index contributed by atoms with van der Waals surface area (Å²) in [5.74, 6) is 1.44. The van der Waals surface area contributed by atoms with Gasteiger partial charge in [0.15, 0.2) is 11.8 Å². The molecule has 6 nitrogen and oxygen atoms in total. The van der Waals surface area contributed by atoms with Crippen LogP contribution in [0.4, 0.5) is 34.1 Å². The van der Waals surface area contributed by atoms with Gasteiger partial charge in [-0.2, -0.15) is 0 Å². The van der Waals surface area contributed by atoms with E-state index in [2.05, 4.69) is 215 Å². The number of hydrogen-bond donors (Lipinski definition) is 1. The Hall–Kier alpha value is -9.13. The smallest absolute Gasteiger partial charge is 0.227 e. The summed E-state index contributed by atoms with van der Waals surface area (Å²) in [6.07, 6.45) is 7.54. The van der Waals surface area contributed by atoms with Crippen molar-refractivity contribution in [2.24, 2.45) is 0 Å². The second-order valence-electron chi connectivity index (χ2n) is 18.0. The molecule has 2 aliphatic rings. The van der Waals surface area contributed by atoms with E-state index in [1.165, 1.54) is 38.4 Å². The molecule has 0 saturated carbocycles. The van der Waals surface area contributed by atoms with Crippen molar-refractivity contribution in [3.8, 4) is 28.3 Å². The molecule has 0 bridgehead atoms. The molecular weight excluding hydrogens is 857 g/mol. The van der Waals surface area contributed by atoms with Crippen LogP contribution >= 0.6 is 0 Å². The lowest BCUT2D eigenvalue weighted by molar-refractivity contribution is 0.260. The van der Waals surface area contributed by atoms with E-state index >= 15 is 0 Å². The summed E-state index contributed by atoms with van der Waals surface area (Å²) in [7, 11) is 0. The summed E-state index contributed by atoms with van der Waals surface area (Å²) in [6, 6.07) is 81.5. The SMILES string of the molecule is C1=CC(N(c2ccc3c(ccc4cc(N(c5ccc(-c6ccccc6)cc5)c5ccc6c(c5)OC(c5ccccc5)N6)ccc43)c2)c2ccc3nc(-c4ccccc4)oc3c2)CC=C1c1ccccc1. The maximum atomic E-state index is 6.55. The molecule has 0 fully saturated rings. The number of aromatic nitrogens is 1. The van der Waals surface area contributed by atoms with E-state index in [9.17, 15) is 0 Å². The first kappa shape index (κ1) is 41.1. The predicted octanol–water partition coefficient (Wildman–Crippen LogP) is 17.0. The van der Waals surface area contributed by atoms with E-state index < -0.39 is 0 Å². The van der Waals surface area contributed by atoms with E-state index in [1.807, 2.05) is 48.5 Å². The molecule has 2 unspecified atom stereocenters. The van der Waals surface area contributed by atoms with Gasteiger partial charge in [0.1, 0.15) is 11.3 Å². The first-order chi connectivity index (χ1) is 34.6. The molecular formula is C64H46N4O2. The molecule has 13 rings (SSSR count). The molecule has 11 aromatic rings. The molecule has 10 aromatic carbocycles. The first-order valence-electron chi connectivity index (χ1n) is 23.9. The number of nitrogens with one attached hydrogen (secondary N) is 1. The number of anilines is 6. The largest absolute Gasteiger partial charge is 0.464 e. The van der Waals surface area contributed by atoms with Crippen LogP contribution in [0.2, 0.25) is 0 Å². The molecule has 1 aliphatic heterocycles. The van der Waals surface area contributed by atoms with Crippen molar-refractivity contribution >= 4 is 72.3 Å². The van der Waals surface area contributed by atoms with Gasteiger partial charge >= 0.3 is 0 Å². The van der Waals surface area contributed by atoms with Crippen molar-refractivity contribution in [2.45, 2.75) is 18.7 Å². The van der Waals surface area contributed by atoms with Gasteiger partial charge in [-0.1, -0.05) is 164 Å². The number of hydrogen-bond acceptors (Lipinski definition) is 6. The molecule has 0 spiro atoms. The fraction of sp³-hybridized carbons (Fsp3) is 0.0469. The van der Waals surface area contributed by atoms with Gasteiger partial charge in [0.2, 0.25) is 5.89 Å². The Morgan fingerprint density at radius 3 is 1.76 bits per heavy atom. The van der Waals surface area contributed by atoms with Crippen LogP contribution < -0.4 is 19.9 Å². The molecule has 0 amide bonds. The van der Waals surface area contributed by atoms with Gasteiger partial charge in [0, 0.05) is 51.7 Å². The van der Waals surface area contributed by atoms with Crippen molar-refractivity contribution in [2.75, 3.05) is 15.1 Å². The van der Waals surface area contributed by atoms with Gasteiger partial charge < -0.3 is 24.3 Å². The van der Waals surface area contributed by atoms with Crippen molar-refractivity contribution in [3.63, 3.8) is 0 Å². The average molecular weight is 903 g/mol. The molecule has 70 heavy (non-hydrogen) atoms. The molecule has 0 saturated heterocycles. The van der Waals surface area contributed by atoms with E-state index in [1.54, 1.807) is 0 Å². The van der Waals surface area contributed by atoms with E-state index in [4.69, 9.17) is 14.1 Å². The minimum absolute atomic E-state index is 0.0688. The lowest BCUT2D eigenvalue weighted by atomic mass is 9.95. The zero-order valence-corrected chi connectivity index (χ0v) is 38.2. The third-order valence-electron chi connectivity index (χ3n) is 13.6. The summed E-state index contributed by atoms with van der Waals surface area (Å²) >= 11 is 0. The number of allylic oxidation sites excluding steroid dienone is 2. The quantitative estimate of drug-likeness (QED) is 0.138. The maximum Gasteiger partial charge on any atom is 0.227 e. The summed E-state index contributed by atoms with van der Waals surface area (Å²) in [4.78, 5) is 9.61. The third kappa shape index (κ3) is 7.71. The molecule has 334 valence electrons. The normalized spacial score (nSPS) is 15.1. The lowest BCUT2D eigenvalue weighted by Crippen LogP contribution is -2.30. The summed E-state index contributed by atoms with van der Waals surface area (Å²) in [6.45, 7) is 0. The van der Waals surface area contributed by atoms with Gasteiger partial charge in [-0.3, -0.25) is 0 Å². The Morgan fingerprint density at radius 2 is 1.06 bits per heavy atom. The van der Waals surface area contributed by atoms with Crippen molar-refractivity contribution in [1.29, 1.82) is 0 Å². The van der Waals surface area contributed by atoms with Crippen LogP contribution in [0.5, 0.6) is 5.75 Å².